The molecule has 6 nitrogen and oxygen atoms in total. The number of hydrogen-bond acceptors (Lipinski definition) is 6. The number of hydrogen-bond donors (Lipinski definition) is 0. The maximum absolute atomic E-state index is 13.2. The van der Waals surface area contributed by atoms with E-state index in [9.17, 15) is 4.79 Å². The van der Waals surface area contributed by atoms with Crippen LogP contribution < -0.4 is 14.4 Å². The largest absolute Gasteiger partial charge is 0.454 e. The molecule has 0 aliphatic carbocycles. The van der Waals surface area contributed by atoms with Gasteiger partial charge in [0.05, 0.1) is 10.2 Å². The molecule has 2 heterocycles. The number of amides is 1. The van der Waals surface area contributed by atoms with Crippen LogP contribution in [0, 0.1) is 6.92 Å². The molecule has 1 aromatic heterocycles. The Kier molecular flexibility index (Phi) is 5.19. The molecule has 0 N–H and O–H groups in total. The SMILES string of the molecule is Cc1ccc(C(=O)N(CCCN(C)C)c2nc3cc4c(cc3s2)OCO4)cc1. The summed E-state index contributed by atoms with van der Waals surface area (Å²) in [4.78, 5) is 21.9. The summed E-state index contributed by atoms with van der Waals surface area (Å²) in [7, 11) is 4.07. The van der Waals surface area contributed by atoms with Crippen LogP contribution in [0.3, 0.4) is 0 Å². The smallest absolute Gasteiger partial charge is 0.260 e. The number of benzene rings is 2. The predicted molar refractivity (Wildman–Crippen MR) is 112 cm³/mol. The van der Waals surface area contributed by atoms with E-state index in [4.69, 9.17) is 14.5 Å². The monoisotopic (exact) mass is 397 g/mol. The summed E-state index contributed by atoms with van der Waals surface area (Å²) in [6, 6.07) is 11.5. The highest BCUT2D eigenvalue weighted by molar-refractivity contribution is 7.22. The number of anilines is 1. The number of aryl methyl sites for hydroxylation is 1. The van der Waals surface area contributed by atoms with Crippen LogP contribution in [-0.4, -0.2) is 49.8 Å². The van der Waals surface area contributed by atoms with E-state index in [-0.39, 0.29) is 12.7 Å². The zero-order chi connectivity index (χ0) is 19.7. The van der Waals surface area contributed by atoms with Gasteiger partial charge in [-0.1, -0.05) is 29.0 Å². The first-order valence-corrected chi connectivity index (χ1v) is 10.1. The van der Waals surface area contributed by atoms with Crippen LogP contribution in [0.5, 0.6) is 11.5 Å². The lowest BCUT2D eigenvalue weighted by molar-refractivity contribution is 0.0986. The number of rotatable bonds is 6. The van der Waals surface area contributed by atoms with Gasteiger partial charge >= 0.3 is 0 Å². The topological polar surface area (TPSA) is 54.9 Å². The van der Waals surface area contributed by atoms with Crippen molar-refractivity contribution in [2.75, 3.05) is 38.9 Å². The van der Waals surface area contributed by atoms with E-state index in [0.717, 1.165) is 34.5 Å². The predicted octanol–water partition coefficient (Wildman–Crippen LogP) is 3.93. The van der Waals surface area contributed by atoms with Gasteiger partial charge in [-0.15, -0.1) is 0 Å². The van der Waals surface area contributed by atoms with E-state index < -0.39 is 0 Å². The summed E-state index contributed by atoms with van der Waals surface area (Å²) in [5, 5.41) is 0.697. The van der Waals surface area contributed by atoms with Crippen LogP contribution >= 0.6 is 11.3 Å². The van der Waals surface area contributed by atoms with Gasteiger partial charge in [-0.05, 0) is 46.1 Å². The van der Waals surface area contributed by atoms with E-state index >= 15 is 0 Å². The Morgan fingerprint density at radius 3 is 2.54 bits per heavy atom. The van der Waals surface area contributed by atoms with Crippen molar-refractivity contribution in [1.82, 2.24) is 9.88 Å². The Morgan fingerprint density at radius 2 is 1.82 bits per heavy atom. The number of carbonyl (C=O) groups is 1. The summed E-state index contributed by atoms with van der Waals surface area (Å²) in [6.45, 7) is 3.76. The normalized spacial score (nSPS) is 12.7. The van der Waals surface area contributed by atoms with Crippen molar-refractivity contribution in [3.8, 4) is 11.5 Å². The quantitative estimate of drug-likeness (QED) is 0.631. The fourth-order valence-corrected chi connectivity index (χ4v) is 4.10. The van der Waals surface area contributed by atoms with Crippen LogP contribution in [0.15, 0.2) is 36.4 Å². The van der Waals surface area contributed by atoms with Gasteiger partial charge in [0.15, 0.2) is 16.6 Å². The Morgan fingerprint density at radius 1 is 1.11 bits per heavy atom. The summed E-state index contributed by atoms with van der Waals surface area (Å²) in [5.74, 6) is 1.40. The molecular weight excluding hydrogens is 374 g/mol. The highest BCUT2D eigenvalue weighted by Crippen LogP contribution is 2.40. The van der Waals surface area contributed by atoms with Crippen molar-refractivity contribution in [3.63, 3.8) is 0 Å². The first-order valence-electron chi connectivity index (χ1n) is 9.25. The van der Waals surface area contributed by atoms with Gasteiger partial charge in [-0.2, -0.15) is 0 Å². The van der Waals surface area contributed by atoms with Crippen molar-refractivity contribution < 1.29 is 14.3 Å². The molecule has 0 spiro atoms. The van der Waals surface area contributed by atoms with E-state index in [1.54, 1.807) is 4.90 Å². The van der Waals surface area contributed by atoms with Gasteiger partial charge in [0.2, 0.25) is 6.79 Å². The zero-order valence-corrected chi connectivity index (χ0v) is 17.1. The molecule has 4 rings (SSSR count). The molecule has 1 amide bonds. The molecule has 0 fully saturated rings. The number of fused-ring (bicyclic) bond motifs is 2. The molecule has 0 saturated heterocycles. The lowest BCUT2D eigenvalue weighted by atomic mass is 10.1. The lowest BCUT2D eigenvalue weighted by Crippen LogP contribution is -2.33. The molecule has 2 aromatic carbocycles. The van der Waals surface area contributed by atoms with Gasteiger partial charge in [0.1, 0.15) is 0 Å². The fourth-order valence-electron chi connectivity index (χ4n) is 3.10. The van der Waals surface area contributed by atoms with Crippen molar-refractivity contribution in [1.29, 1.82) is 0 Å². The Hall–Kier alpha value is -2.64. The summed E-state index contributed by atoms with van der Waals surface area (Å²) < 4.78 is 11.9. The van der Waals surface area contributed by atoms with Crippen molar-refractivity contribution in [3.05, 3.63) is 47.5 Å². The number of aromatic nitrogens is 1. The maximum atomic E-state index is 13.2. The minimum atomic E-state index is -0.0298. The van der Waals surface area contributed by atoms with Crippen LogP contribution in [0.25, 0.3) is 10.2 Å². The summed E-state index contributed by atoms with van der Waals surface area (Å²) >= 11 is 1.50. The van der Waals surface area contributed by atoms with Crippen LogP contribution in [-0.2, 0) is 0 Å². The summed E-state index contributed by atoms with van der Waals surface area (Å²) in [5.41, 5.74) is 2.62. The number of nitrogens with zero attached hydrogens (tertiary/aromatic N) is 3. The second-order valence-corrected chi connectivity index (χ2v) is 8.16. The minimum Gasteiger partial charge on any atom is -0.454 e. The van der Waals surface area contributed by atoms with Crippen LogP contribution in [0.4, 0.5) is 5.13 Å². The van der Waals surface area contributed by atoms with Gasteiger partial charge in [0.25, 0.3) is 5.91 Å². The number of ether oxygens (including phenoxy) is 2. The van der Waals surface area contributed by atoms with Crippen molar-refractivity contribution >= 4 is 32.6 Å². The molecule has 0 radical (unpaired) electrons. The first-order chi connectivity index (χ1) is 13.5. The zero-order valence-electron chi connectivity index (χ0n) is 16.3. The van der Waals surface area contributed by atoms with Gasteiger partial charge in [0, 0.05) is 24.2 Å². The molecule has 28 heavy (non-hydrogen) atoms. The lowest BCUT2D eigenvalue weighted by Gasteiger charge is -2.21. The van der Waals surface area contributed by atoms with E-state index in [0.29, 0.717) is 23.0 Å². The highest BCUT2D eigenvalue weighted by Gasteiger charge is 2.23. The van der Waals surface area contributed by atoms with Crippen LogP contribution in [0.1, 0.15) is 22.3 Å². The molecule has 0 bridgehead atoms. The molecular formula is C21H23N3O3S. The standard InChI is InChI=1S/C21H23N3O3S/c1-14-5-7-15(8-6-14)20(25)24(10-4-9-23(2)3)21-22-16-11-17-18(27-13-26-17)12-19(16)28-21/h5-8,11-12H,4,9-10,13H2,1-3H3. The highest BCUT2D eigenvalue weighted by atomic mass is 32.1. The average Bonchev–Trinajstić information content (AvgIpc) is 3.28. The molecule has 146 valence electrons. The summed E-state index contributed by atoms with van der Waals surface area (Å²) in [6.07, 6.45) is 0.864. The first kappa shape index (κ1) is 18.7. The van der Waals surface area contributed by atoms with Crippen molar-refractivity contribution in [2.45, 2.75) is 13.3 Å². The number of carbonyl (C=O) groups excluding carboxylic acids is 1. The molecule has 1 aliphatic rings. The van der Waals surface area contributed by atoms with E-state index in [1.165, 1.54) is 11.3 Å². The second kappa shape index (κ2) is 7.77. The fraction of sp³-hybridized carbons (Fsp3) is 0.333. The molecule has 0 atom stereocenters. The Labute approximate surface area is 168 Å². The molecule has 0 unspecified atom stereocenters. The third-order valence-corrected chi connectivity index (χ3v) is 5.67. The molecule has 1 aliphatic heterocycles. The number of thiazole rings is 1. The maximum Gasteiger partial charge on any atom is 0.260 e. The van der Waals surface area contributed by atoms with Gasteiger partial charge in [-0.3, -0.25) is 9.69 Å². The van der Waals surface area contributed by atoms with Gasteiger partial charge < -0.3 is 14.4 Å². The Balaban J connectivity index is 1.66. The molecule has 3 aromatic rings. The third-order valence-electron chi connectivity index (χ3n) is 4.63. The van der Waals surface area contributed by atoms with Crippen LogP contribution in [0.2, 0.25) is 0 Å². The molecule has 7 heteroatoms. The van der Waals surface area contributed by atoms with E-state index in [2.05, 4.69) is 4.90 Å². The van der Waals surface area contributed by atoms with Gasteiger partial charge in [-0.25, -0.2) is 4.98 Å². The second-order valence-electron chi connectivity index (χ2n) is 7.15. The van der Waals surface area contributed by atoms with Crippen molar-refractivity contribution in [2.24, 2.45) is 0 Å². The molecule has 0 saturated carbocycles. The Bertz CT molecular complexity index is 957. The third kappa shape index (κ3) is 3.81. The average molecular weight is 398 g/mol. The van der Waals surface area contributed by atoms with E-state index in [1.807, 2.05) is 57.4 Å². The minimum absolute atomic E-state index is 0.0298.